The van der Waals surface area contributed by atoms with Crippen molar-refractivity contribution in [3.05, 3.63) is 89.0 Å². The number of fused-ring (bicyclic) bond motifs is 1. The predicted molar refractivity (Wildman–Crippen MR) is 181 cm³/mol. The van der Waals surface area contributed by atoms with E-state index in [1.807, 2.05) is 30.3 Å². The Labute approximate surface area is 277 Å². The van der Waals surface area contributed by atoms with Crippen LogP contribution in [-0.4, -0.2) is 80.3 Å². The van der Waals surface area contributed by atoms with E-state index in [9.17, 15) is 14.4 Å². The van der Waals surface area contributed by atoms with Crippen LogP contribution in [0.5, 0.6) is 11.5 Å². The first-order chi connectivity index (χ1) is 22.5. The second-order valence-corrected chi connectivity index (χ2v) is 13.0. The maximum Gasteiger partial charge on any atom is 0.407 e. The number of nitrogens with one attached hydrogen (secondary N) is 1. The zero-order valence-corrected chi connectivity index (χ0v) is 28.2. The lowest BCUT2D eigenvalue weighted by atomic mass is 9.99. The number of ether oxygens (including phenoxy) is 3. The number of carbonyl (C=O) groups excluding carboxylic acids is 3. The van der Waals surface area contributed by atoms with Crippen molar-refractivity contribution in [2.24, 2.45) is 0 Å². The van der Waals surface area contributed by atoms with Crippen LogP contribution in [0.25, 0.3) is 0 Å². The van der Waals surface area contributed by atoms with E-state index in [4.69, 9.17) is 14.2 Å². The fourth-order valence-electron chi connectivity index (χ4n) is 6.43. The monoisotopic (exact) mass is 642 g/mol. The molecule has 2 atom stereocenters. The van der Waals surface area contributed by atoms with E-state index in [0.717, 1.165) is 37.4 Å². The van der Waals surface area contributed by atoms with Gasteiger partial charge in [-0.2, -0.15) is 0 Å². The molecular weight excluding hydrogens is 596 g/mol. The molecule has 2 aliphatic heterocycles. The van der Waals surface area contributed by atoms with Gasteiger partial charge in [-0.15, -0.1) is 0 Å². The van der Waals surface area contributed by atoms with E-state index >= 15 is 0 Å². The Bertz CT molecular complexity index is 1580. The van der Waals surface area contributed by atoms with Crippen molar-refractivity contribution in [3.8, 4) is 11.5 Å². The van der Waals surface area contributed by atoms with E-state index in [0.29, 0.717) is 42.0 Å². The number of anilines is 1. The summed E-state index contributed by atoms with van der Waals surface area (Å²) in [5.74, 6) is 0.400. The van der Waals surface area contributed by atoms with Crippen LogP contribution in [0.4, 0.5) is 10.5 Å². The molecule has 2 unspecified atom stereocenters. The molecule has 1 saturated heterocycles. The van der Waals surface area contributed by atoms with Crippen LogP contribution in [-0.2, 0) is 4.74 Å². The standard InChI is InChI=1S/C37H46N4O6/c1-25(26-12-8-7-9-13-26)39-20-22-40(23-21-39)30-15-10-14-28-33(30)35(43)41(34(28)42)29(16-11-19-38-36(44)47-37(2,3)4)27-17-18-31(45-5)32(24-27)46-6/h7-10,12-15,17-18,24-25,29H,11,16,19-23H2,1-6H3,(H,38,44). The van der Waals surface area contributed by atoms with Gasteiger partial charge in [0.2, 0.25) is 0 Å². The molecule has 3 amide bonds. The second kappa shape index (κ2) is 14.5. The van der Waals surface area contributed by atoms with Crippen molar-refractivity contribution in [1.29, 1.82) is 0 Å². The molecule has 3 aromatic carbocycles. The zero-order chi connectivity index (χ0) is 33.7. The molecule has 10 nitrogen and oxygen atoms in total. The summed E-state index contributed by atoms with van der Waals surface area (Å²) in [6, 6.07) is 21.1. The van der Waals surface area contributed by atoms with E-state index < -0.39 is 17.7 Å². The highest BCUT2D eigenvalue weighted by Crippen LogP contribution is 2.40. The van der Waals surface area contributed by atoms with Crippen molar-refractivity contribution in [1.82, 2.24) is 15.1 Å². The fraction of sp³-hybridized carbons (Fsp3) is 0.432. The Balaban J connectivity index is 1.37. The van der Waals surface area contributed by atoms with Gasteiger partial charge in [-0.1, -0.05) is 42.5 Å². The van der Waals surface area contributed by atoms with Crippen LogP contribution >= 0.6 is 0 Å². The Kier molecular flexibility index (Phi) is 10.4. The Morgan fingerprint density at radius 3 is 2.21 bits per heavy atom. The van der Waals surface area contributed by atoms with Gasteiger partial charge >= 0.3 is 6.09 Å². The van der Waals surface area contributed by atoms with Crippen LogP contribution in [0, 0.1) is 0 Å². The second-order valence-electron chi connectivity index (χ2n) is 13.0. The number of amides is 3. The topological polar surface area (TPSA) is 101 Å². The van der Waals surface area contributed by atoms with Crippen molar-refractivity contribution < 1.29 is 28.6 Å². The molecule has 250 valence electrons. The number of hydrogen-bond donors (Lipinski definition) is 1. The predicted octanol–water partition coefficient (Wildman–Crippen LogP) is 6.23. The number of alkyl carbamates (subject to hydrolysis) is 1. The first-order valence-electron chi connectivity index (χ1n) is 16.3. The number of carbonyl (C=O) groups is 3. The quantitative estimate of drug-likeness (QED) is 0.194. The average molecular weight is 643 g/mol. The highest BCUT2D eigenvalue weighted by molar-refractivity contribution is 6.24. The molecule has 47 heavy (non-hydrogen) atoms. The number of piperazine rings is 1. The lowest BCUT2D eigenvalue weighted by molar-refractivity contribution is 0.0510. The number of methoxy groups -OCH3 is 2. The van der Waals surface area contributed by atoms with Crippen molar-refractivity contribution in [2.75, 3.05) is 51.8 Å². The van der Waals surface area contributed by atoms with Crippen LogP contribution in [0.15, 0.2) is 66.7 Å². The van der Waals surface area contributed by atoms with Gasteiger partial charge in [0.15, 0.2) is 11.5 Å². The molecule has 1 N–H and O–H groups in total. The van der Waals surface area contributed by atoms with Gasteiger partial charge in [0, 0.05) is 38.8 Å². The molecule has 0 bridgehead atoms. The molecule has 0 aliphatic carbocycles. The van der Waals surface area contributed by atoms with E-state index in [1.165, 1.54) is 10.5 Å². The Morgan fingerprint density at radius 1 is 0.851 bits per heavy atom. The zero-order valence-electron chi connectivity index (χ0n) is 28.2. The molecule has 0 saturated carbocycles. The molecule has 1 fully saturated rings. The summed E-state index contributed by atoms with van der Waals surface area (Å²) in [6.45, 7) is 11.1. The molecule has 0 spiro atoms. The molecule has 2 heterocycles. The highest BCUT2D eigenvalue weighted by atomic mass is 16.6. The van der Waals surface area contributed by atoms with Crippen LogP contribution < -0.4 is 19.7 Å². The smallest absolute Gasteiger partial charge is 0.407 e. The minimum Gasteiger partial charge on any atom is -0.493 e. The maximum absolute atomic E-state index is 14.3. The van der Waals surface area contributed by atoms with E-state index in [-0.39, 0.29) is 17.9 Å². The molecule has 0 aromatic heterocycles. The summed E-state index contributed by atoms with van der Waals surface area (Å²) in [6.07, 6.45) is 0.408. The van der Waals surface area contributed by atoms with Gasteiger partial charge < -0.3 is 24.4 Å². The van der Waals surface area contributed by atoms with Gasteiger partial charge in [0.25, 0.3) is 11.8 Å². The van der Waals surface area contributed by atoms with Crippen molar-refractivity contribution in [2.45, 2.75) is 58.2 Å². The highest BCUT2D eigenvalue weighted by Gasteiger charge is 2.43. The number of hydrogen-bond acceptors (Lipinski definition) is 8. The normalized spacial score (nSPS) is 16.5. The van der Waals surface area contributed by atoms with Crippen molar-refractivity contribution in [3.63, 3.8) is 0 Å². The number of imide groups is 1. The number of benzene rings is 3. The SMILES string of the molecule is COc1ccc(C(CCCNC(=O)OC(C)(C)C)N2C(=O)c3cccc(N4CCN(C(C)c5ccccc5)CC4)c3C2=O)cc1OC. The first kappa shape index (κ1) is 33.8. The Morgan fingerprint density at radius 2 is 1.55 bits per heavy atom. The van der Waals surface area contributed by atoms with Gasteiger partial charge in [-0.25, -0.2) is 4.79 Å². The third kappa shape index (κ3) is 7.54. The summed E-state index contributed by atoms with van der Waals surface area (Å²) < 4.78 is 16.4. The molecular formula is C37H46N4O6. The molecule has 5 rings (SSSR count). The van der Waals surface area contributed by atoms with Gasteiger partial charge in [0.1, 0.15) is 5.60 Å². The van der Waals surface area contributed by atoms with Gasteiger partial charge in [0.05, 0.1) is 37.1 Å². The Hall–Kier alpha value is -4.57. The summed E-state index contributed by atoms with van der Waals surface area (Å²) in [5.41, 5.74) is 3.04. The molecule has 3 aromatic rings. The average Bonchev–Trinajstić information content (AvgIpc) is 3.32. The largest absolute Gasteiger partial charge is 0.493 e. The summed E-state index contributed by atoms with van der Waals surface area (Å²) >= 11 is 0. The molecule has 10 heteroatoms. The van der Waals surface area contributed by atoms with Crippen LogP contribution in [0.3, 0.4) is 0 Å². The van der Waals surface area contributed by atoms with Gasteiger partial charge in [-0.3, -0.25) is 19.4 Å². The van der Waals surface area contributed by atoms with E-state index in [1.54, 1.807) is 47.1 Å². The minimum atomic E-state index is -0.614. The van der Waals surface area contributed by atoms with Crippen LogP contribution in [0.2, 0.25) is 0 Å². The summed E-state index contributed by atoms with van der Waals surface area (Å²) in [4.78, 5) is 46.7. The fourth-order valence-corrected chi connectivity index (χ4v) is 6.43. The molecule has 0 radical (unpaired) electrons. The third-order valence-corrected chi connectivity index (χ3v) is 8.84. The van der Waals surface area contributed by atoms with Gasteiger partial charge in [-0.05, 0) is 75.9 Å². The summed E-state index contributed by atoms with van der Waals surface area (Å²) in [5, 5.41) is 2.79. The maximum atomic E-state index is 14.3. The molecule has 2 aliphatic rings. The van der Waals surface area contributed by atoms with E-state index in [2.05, 4.69) is 46.3 Å². The van der Waals surface area contributed by atoms with Crippen LogP contribution in [0.1, 0.15) is 84.5 Å². The minimum absolute atomic E-state index is 0.283. The lowest BCUT2D eigenvalue weighted by Gasteiger charge is -2.39. The lowest BCUT2D eigenvalue weighted by Crippen LogP contribution is -2.47. The first-order valence-corrected chi connectivity index (χ1v) is 16.3. The van der Waals surface area contributed by atoms with Crippen molar-refractivity contribution >= 4 is 23.6 Å². The third-order valence-electron chi connectivity index (χ3n) is 8.84. The number of nitrogens with zero attached hydrogens (tertiary/aromatic N) is 3. The number of rotatable bonds is 11. The summed E-state index contributed by atoms with van der Waals surface area (Å²) in [7, 11) is 3.11.